The van der Waals surface area contributed by atoms with Gasteiger partial charge in [0.2, 0.25) is 5.91 Å². The van der Waals surface area contributed by atoms with E-state index in [2.05, 4.69) is 39.9 Å². The number of aliphatic hydroxyl groups is 1. The second kappa shape index (κ2) is 7.28. The highest BCUT2D eigenvalue weighted by Crippen LogP contribution is 2.31. The topological polar surface area (TPSA) is 52.6 Å². The van der Waals surface area contributed by atoms with Gasteiger partial charge in [-0.05, 0) is 54.4 Å². The van der Waals surface area contributed by atoms with E-state index in [0.717, 1.165) is 44.6 Å². The number of thiophene rings is 1. The predicted molar refractivity (Wildman–Crippen MR) is 101 cm³/mol. The Balaban J connectivity index is 1.33. The lowest BCUT2D eigenvalue weighted by Crippen LogP contribution is -2.43. The molecule has 0 unspecified atom stereocenters. The molecule has 132 valence electrons. The van der Waals surface area contributed by atoms with Crippen molar-refractivity contribution < 1.29 is 9.90 Å². The summed E-state index contributed by atoms with van der Waals surface area (Å²) in [6, 6.07) is 10.6. The first kappa shape index (κ1) is 16.8. The molecular formula is C20H24N2O2S. The number of hydrogen-bond acceptors (Lipinski definition) is 4. The fourth-order valence-corrected chi connectivity index (χ4v) is 4.83. The molecule has 0 spiro atoms. The molecule has 4 nitrogen and oxygen atoms in total. The Bertz CT molecular complexity index is 744. The number of rotatable bonds is 4. The molecule has 3 heterocycles. The third-order valence-corrected chi connectivity index (χ3v) is 6.36. The summed E-state index contributed by atoms with van der Waals surface area (Å²) in [7, 11) is 0. The minimum Gasteiger partial charge on any atom is -0.391 e. The van der Waals surface area contributed by atoms with Crippen LogP contribution in [-0.4, -0.2) is 41.7 Å². The highest BCUT2D eigenvalue weighted by Gasteiger charge is 2.29. The van der Waals surface area contributed by atoms with Gasteiger partial charge in [-0.3, -0.25) is 4.79 Å². The molecule has 2 aliphatic heterocycles. The number of carbonyl (C=O) groups is 1. The average molecular weight is 356 g/mol. The lowest BCUT2D eigenvalue weighted by molar-refractivity contribution is -0.116. The fraction of sp³-hybridized carbons (Fsp3) is 0.450. The molecule has 0 radical (unpaired) electrons. The molecule has 1 aromatic carbocycles. The Morgan fingerprint density at radius 1 is 1.28 bits per heavy atom. The summed E-state index contributed by atoms with van der Waals surface area (Å²) in [6.07, 6.45) is 3.15. The molecule has 4 rings (SSSR count). The number of amides is 1. The standard InChI is InChI=1S/C20H24N2O2S/c23-18-13-22(10-8-16(18)19-2-1-11-25-19)9-7-14-3-5-17-15(12-14)4-6-20(24)21-17/h1-3,5,11-12,16,18,23H,4,6-10,13H2,(H,21,24)/t16-,18-/m0/s1. The van der Waals surface area contributed by atoms with Gasteiger partial charge in [-0.1, -0.05) is 18.2 Å². The fourth-order valence-electron chi connectivity index (χ4n) is 3.91. The Kier molecular flexibility index (Phi) is 4.88. The number of β-amino-alcohol motifs (C(OH)–C–C–N with tert-alkyl or cyclic N) is 1. The Morgan fingerprint density at radius 3 is 3.00 bits per heavy atom. The first-order chi connectivity index (χ1) is 12.2. The van der Waals surface area contributed by atoms with Crippen LogP contribution in [0.3, 0.4) is 0 Å². The molecule has 5 heteroatoms. The van der Waals surface area contributed by atoms with Crippen molar-refractivity contribution in [3.63, 3.8) is 0 Å². The average Bonchev–Trinajstić information content (AvgIpc) is 3.14. The van der Waals surface area contributed by atoms with E-state index in [4.69, 9.17) is 0 Å². The SMILES string of the molecule is O=C1CCc2cc(CCN3CC[C@H](c4cccs4)[C@@H](O)C3)ccc2N1. The van der Waals surface area contributed by atoms with Crippen molar-refractivity contribution >= 4 is 22.9 Å². The van der Waals surface area contributed by atoms with Crippen molar-refractivity contribution in [3.05, 3.63) is 51.7 Å². The number of carbonyl (C=O) groups excluding carboxylic acids is 1. The minimum absolute atomic E-state index is 0.114. The van der Waals surface area contributed by atoms with Crippen molar-refractivity contribution in [2.45, 2.75) is 37.7 Å². The largest absolute Gasteiger partial charge is 0.391 e. The number of piperidine rings is 1. The first-order valence-electron chi connectivity index (χ1n) is 9.04. The molecule has 1 amide bonds. The highest BCUT2D eigenvalue weighted by atomic mass is 32.1. The van der Waals surface area contributed by atoms with Crippen molar-refractivity contribution in [2.75, 3.05) is 25.0 Å². The van der Waals surface area contributed by atoms with Gasteiger partial charge in [0.1, 0.15) is 0 Å². The summed E-state index contributed by atoms with van der Waals surface area (Å²) in [5.74, 6) is 0.409. The summed E-state index contributed by atoms with van der Waals surface area (Å²) in [6.45, 7) is 2.77. The maximum atomic E-state index is 11.4. The van der Waals surface area contributed by atoms with E-state index in [9.17, 15) is 9.90 Å². The van der Waals surface area contributed by atoms with Gasteiger partial charge in [0.05, 0.1) is 6.10 Å². The zero-order valence-corrected chi connectivity index (χ0v) is 15.1. The molecular weight excluding hydrogens is 332 g/mol. The van der Waals surface area contributed by atoms with Gasteiger partial charge in [0.15, 0.2) is 0 Å². The molecule has 0 saturated carbocycles. The lowest BCUT2D eigenvalue weighted by atomic mass is 9.92. The second-order valence-corrected chi connectivity index (χ2v) is 8.05. The molecule has 25 heavy (non-hydrogen) atoms. The van der Waals surface area contributed by atoms with E-state index in [1.807, 2.05) is 6.07 Å². The van der Waals surface area contributed by atoms with Crippen LogP contribution in [0.15, 0.2) is 35.7 Å². The third kappa shape index (κ3) is 3.78. The minimum atomic E-state index is -0.272. The maximum Gasteiger partial charge on any atom is 0.224 e. The maximum absolute atomic E-state index is 11.4. The smallest absolute Gasteiger partial charge is 0.224 e. The van der Waals surface area contributed by atoms with Crippen LogP contribution in [-0.2, 0) is 17.6 Å². The van der Waals surface area contributed by atoms with E-state index in [0.29, 0.717) is 12.3 Å². The molecule has 2 N–H and O–H groups in total. The summed E-state index contributed by atoms with van der Waals surface area (Å²) in [4.78, 5) is 15.1. The van der Waals surface area contributed by atoms with E-state index < -0.39 is 0 Å². The molecule has 2 atom stereocenters. The molecule has 1 aromatic heterocycles. The Labute approximate surface area is 152 Å². The zero-order valence-electron chi connectivity index (χ0n) is 14.3. The van der Waals surface area contributed by atoms with Gasteiger partial charge in [-0.15, -0.1) is 11.3 Å². The van der Waals surface area contributed by atoms with Gasteiger partial charge < -0.3 is 15.3 Å². The van der Waals surface area contributed by atoms with Gasteiger partial charge in [0.25, 0.3) is 0 Å². The first-order valence-corrected chi connectivity index (χ1v) is 9.92. The number of aryl methyl sites for hydroxylation is 1. The van der Waals surface area contributed by atoms with Crippen LogP contribution >= 0.6 is 11.3 Å². The zero-order chi connectivity index (χ0) is 17.2. The quantitative estimate of drug-likeness (QED) is 0.885. The Morgan fingerprint density at radius 2 is 2.20 bits per heavy atom. The van der Waals surface area contributed by atoms with E-state index in [-0.39, 0.29) is 12.0 Å². The van der Waals surface area contributed by atoms with Crippen LogP contribution in [0.25, 0.3) is 0 Å². The molecule has 2 aromatic rings. The van der Waals surface area contributed by atoms with Crippen LogP contribution in [0.2, 0.25) is 0 Å². The number of nitrogens with zero attached hydrogens (tertiary/aromatic N) is 1. The number of nitrogens with one attached hydrogen (secondary N) is 1. The van der Waals surface area contributed by atoms with Crippen molar-refractivity contribution in [1.82, 2.24) is 4.90 Å². The summed E-state index contributed by atoms with van der Waals surface area (Å²) >= 11 is 1.75. The number of hydrogen-bond donors (Lipinski definition) is 2. The molecule has 1 fully saturated rings. The predicted octanol–water partition coefficient (Wildman–Crippen LogP) is 3.03. The summed E-state index contributed by atoms with van der Waals surface area (Å²) < 4.78 is 0. The number of anilines is 1. The number of likely N-dealkylation sites (tertiary alicyclic amines) is 1. The van der Waals surface area contributed by atoms with Crippen molar-refractivity contribution in [3.8, 4) is 0 Å². The molecule has 0 aliphatic carbocycles. The number of benzene rings is 1. The van der Waals surface area contributed by atoms with E-state index in [1.165, 1.54) is 16.0 Å². The molecule has 1 saturated heterocycles. The lowest BCUT2D eigenvalue weighted by Gasteiger charge is -2.35. The van der Waals surface area contributed by atoms with Gasteiger partial charge in [-0.25, -0.2) is 0 Å². The van der Waals surface area contributed by atoms with Crippen LogP contribution in [0.5, 0.6) is 0 Å². The monoisotopic (exact) mass is 356 g/mol. The van der Waals surface area contributed by atoms with Crippen LogP contribution in [0.1, 0.15) is 34.8 Å². The van der Waals surface area contributed by atoms with E-state index >= 15 is 0 Å². The third-order valence-electron chi connectivity index (χ3n) is 5.36. The van der Waals surface area contributed by atoms with Crippen molar-refractivity contribution in [2.24, 2.45) is 0 Å². The van der Waals surface area contributed by atoms with Crippen LogP contribution < -0.4 is 5.32 Å². The number of fused-ring (bicyclic) bond motifs is 1. The van der Waals surface area contributed by atoms with Gasteiger partial charge >= 0.3 is 0 Å². The number of aliphatic hydroxyl groups excluding tert-OH is 1. The summed E-state index contributed by atoms with van der Waals surface area (Å²) in [5.41, 5.74) is 3.52. The van der Waals surface area contributed by atoms with E-state index in [1.54, 1.807) is 11.3 Å². The normalized spacial score (nSPS) is 24.0. The molecule has 2 aliphatic rings. The van der Waals surface area contributed by atoms with Gasteiger partial charge in [0, 0.05) is 36.0 Å². The van der Waals surface area contributed by atoms with Crippen LogP contribution in [0, 0.1) is 0 Å². The highest BCUT2D eigenvalue weighted by molar-refractivity contribution is 7.10. The molecule has 0 bridgehead atoms. The van der Waals surface area contributed by atoms with Crippen LogP contribution in [0.4, 0.5) is 5.69 Å². The van der Waals surface area contributed by atoms with Crippen molar-refractivity contribution in [1.29, 1.82) is 0 Å². The Hall–Kier alpha value is -1.69. The van der Waals surface area contributed by atoms with Gasteiger partial charge in [-0.2, -0.15) is 0 Å². The summed E-state index contributed by atoms with van der Waals surface area (Å²) in [5, 5.41) is 15.5. The second-order valence-electron chi connectivity index (χ2n) is 7.07.